The smallest absolute Gasteiger partial charge is 0.121 e. The van der Waals surface area contributed by atoms with Crippen LogP contribution in [-0.4, -0.2) is 44.4 Å². The molecule has 0 bridgehead atoms. The van der Waals surface area contributed by atoms with Gasteiger partial charge in [0.1, 0.15) is 11.8 Å². The number of ether oxygens (including phenoxy) is 1. The summed E-state index contributed by atoms with van der Waals surface area (Å²) in [5.74, 6) is 0. The zero-order chi connectivity index (χ0) is 19.6. The van der Waals surface area contributed by atoms with Gasteiger partial charge in [-0.15, -0.1) is 5.10 Å². The molecular weight excluding hydrogens is 362 g/mol. The number of rotatable bonds is 4. The zero-order valence-corrected chi connectivity index (χ0v) is 16.4. The molecule has 5 rings (SSSR count). The Morgan fingerprint density at radius 1 is 1.03 bits per heavy atom. The molecule has 4 aromatic rings. The Kier molecular flexibility index (Phi) is 4.79. The van der Waals surface area contributed by atoms with Gasteiger partial charge in [0, 0.05) is 37.6 Å². The molecule has 0 unspecified atom stereocenters. The molecule has 1 aliphatic rings. The van der Waals surface area contributed by atoms with E-state index in [2.05, 4.69) is 69.6 Å². The van der Waals surface area contributed by atoms with Crippen molar-refractivity contribution < 1.29 is 4.74 Å². The van der Waals surface area contributed by atoms with Gasteiger partial charge in [-0.2, -0.15) is 0 Å². The number of aryl methyl sites for hydroxylation is 1. The summed E-state index contributed by atoms with van der Waals surface area (Å²) in [6, 6.07) is 18.8. The van der Waals surface area contributed by atoms with Gasteiger partial charge in [-0.3, -0.25) is 9.88 Å². The maximum Gasteiger partial charge on any atom is 0.121 e. The van der Waals surface area contributed by atoms with Gasteiger partial charge in [0.2, 0.25) is 0 Å². The molecule has 0 radical (unpaired) electrons. The quantitative estimate of drug-likeness (QED) is 0.536. The first-order chi connectivity index (χ1) is 14.3. The average molecular weight is 385 g/mol. The Labute approximate surface area is 169 Å². The van der Waals surface area contributed by atoms with Crippen LogP contribution in [-0.2, 0) is 11.3 Å². The van der Waals surface area contributed by atoms with Crippen LogP contribution in [0.4, 0.5) is 0 Å². The Hall–Kier alpha value is -3.09. The van der Waals surface area contributed by atoms with Crippen molar-refractivity contribution in [3.8, 4) is 11.1 Å². The van der Waals surface area contributed by atoms with Crippen LogP contribution in [0.2, 0.25) is 0 Å². The molecule has 0 N–H and O–H groups in total. The highest BCUT2D eigenvalue weighted by molar-refractivity contribution is 5.66. The summed E-state index contributed by atoms with van der Waals surface area (Å²) < 4.78 is 7.90. The SMILES string of the molecule is Cc1ccc(-c2ccc3c([C@H]4CN(Cc5ccccn5)CCO4)nnn3c2)cc1. The van der Waals surface area contributed by atoms with Crippen molar-refractivity contribution in [2.45, 2.75) is 19.6 Å². The molecule has 4 heterocycles. The van der Waals surface area contributed by atoms with Crippen molar-refractivity contribution >= 4 is 5.52 Å². The van der Waals surface area contributed by atoms with Gasteiger partial charge in [0.25, 0.3) is 0 Å². The van der Waals surface area contributed by atoms with Gasteiger partial charge in [0.05, 0.1) is 17.8 Å². The number of hydrogen-bond acceptors (Lipinski definition) is 5. The van der Waals surface area contributed by atoms with Gasteiger partial charge in [0.15, 0.2) is 0 Å². The monoisotopic (exact) mass is 385 g/mol. The highest BCUT2D eigenvalue weighted by atomic mass is 16.5. The lowest BCUT2D eigenvalue weighted by Gasteiger charge is -2.31. The Bertz CT molecular complexity index is 1110. The predicted octanol–water partition coefficient (Wildman–Crippen LogP) is 3.67. The average Bonchev–Trinajstić information content (AvgIpc) is 3.18. The molecule has 6 heteroatoms. The molecular formula is C23H23N5O. The summed E-state index contributed by atoms with van der Waals surface area (Å²) in [4.78, 5) is 6.80. The lowest BCUT2D eigenvalue weighted by atomic mass is 10.1. The largest absolute Gasteiger partial charge is 0.369 e. The third kappa shape index (κ3) is 3.77. The molecule has 1 aliphatic heterocycles. The van der Waals surface area contributed by atoms with Crippen molar-refractivity contribution in [3.63, 3.8) is 0 Å². The van der Waals surface area contributed by atoms with Crippen LogP contribution in [0.15, 0.2) is 67.0 Å². The van der Waals surface area contributed by atoms with Crippen molar-refractivity contribution in [2.24, 2.45) is 0 Å². The lowest BCUT2D eigenvalue weighted by molar-refractivity contribution is -0.0346. The number of nitrogens with zero attached hydrogens (tertiary/aromatic N) is 5. The van der Waals surface area contributed by atoms with Crippen LogP contribution in [0.1, 0.15) is 23.1 Å². The number of aromatic nitrogens is 4. The van der Waals surface area contributed by atoms with Gasteiger partial charge < -0.3 is 4.74 Å². The fourth-order valence-corrected chi connectivity index (χ4v) is 3.79. The van der Waals surface area contributed by atoms with Gasteiger partial charge in [-0.1, -0.05) is 47.2 Å². The Balaban J connectivity index is 1.38. The fourth-order valence-electron chi connectivity index (χ4n) is 3.79. The molecule has 0 aliphatic carbocycles. The van der Waals surface area contributed by atoms with E-state index < -0.39 is 0 Å². The van der Waals surface area contributed by atoms with E-state index in [1.807, 2.05) is 29.0 Å². The summed E-state index contributed by atoms with van der Waals surface area (Å²) >= 11 is 0. The summed E-state index contributed by atoms with van der Waals surface area (Å²) in [5.41, 5.74) is 6.50. The Morgan fingerprint density at radius 2 is 1.90 bits per heavy atom. The molecule has 0 amide bonds. The van der Waals surface area contributed by atoms with E-state index in [1.54, 1.807) is 0 Å². The number of morpholine rings is 1. The van der Waals surface area contributed by atoms with Crippen LogP contribution in [0, 0.1) is 6.92 Å². The first-order valence-electron chi connectivity index (χ1n) is 9.92. The minimum absolute atomic E-state index is 0.0878. The van der Waals surface area contributed by atoms with Crippen molar-refractivity contribution in [2.75, 3.05) is 19.7 Å². The molecule has 0 saturated carbocycles. The van der Waals surface area contributed by atoms with Crippen molar-refractivity contribution in [3.05, 3.63) is 83.9 Å². The molecule has 1 saturated heterocycles. The number of fused-ring (bicyclic) bond motifs is 1. The van der Waals surface area contributed by atoms with E-state index in [1.165, 1.54) is 11.1 Å². The number of hydrogen-bond donors (Lipinski definition) is 0. The van der Waals surface area contributed by atoms with Crippen LogP contribution >= 0.6 is 0 Å². The maximum atomic E-state index is 6.05. The van der Waals surface area contributed by atoms with Crippen LogP contribution < -0.4 is 0 Å². The van der Waals surface area contributed by atoms with E-state index in [0.717, 1.165) is 42.1 Å². The second kappa shape index (κ2) is 7.73. The van der Waals surface area contributed by atoms with E-state index in [9.17, 15) is 0 Å². The molecule has 1 atom stereocenters. The molecule has 146 valence electrons. The minimum Gasteiger partial charge on any atom is -0.369 e. The predicted molar refractivity (Wildman–Crippen MR) is 111 cm³/mol. The van der Waals surface area contributed by atoms with Crippen LogP contribution in [0.3, 0.4) is 0 Å². The van der Waals surface area contributed by atoms with E-state index in [4.69, 9.17) is 4.74 Å². The third-order valence-electron chi connectivity index (χ3n) is 5.39. The number of pyridine rings is 2. The topological polar surface area (TPSA) is 55.5 Å². The van der Waals surface area contributed by atoms with E-state index in [-0.39, 0.29) is 6.10 Å². The van der Waals surface area contributed by atoms with Gasteiger partial charge >= 0.3 is 0 Å². The second-order valence-electron chi connectivity index (χ2n) is 7.50. The summed E-state index contributed by atoms with van der Waals surface area (Å²) in [7, 11) is 0. The molecule has 1 aromatic carbocycles. The summed E-state index contributed by atoms with van der Waals surface area (Å²) in [5, 5.41) is 8.82. The second-order valence-corrected chi connectivity index (χ2v) is 7.50. The van der Waals surface area contributed by atoms with Crippen molar-refractivity contribution in [1.29, 1.82) is 0 Å². The maximum absolute atomic E-state index is 6.05. The highest BCUT2D eigenvalue weighted by Gasteiger charge is 2.26. The minimum atomic E-state index is -0.0878. The van der Waals surface area contributed by atoms with Crippen molar-refractivity contribution in [1.82, 2.24) is 24.7 Å². The van der Waals surface area contributed by atoms with E-state index in [0.29, 0.717) is 6.61 Å². The molecule has 29 heavy (non-hydrogen) atoms. The van der Waals surface area contributed by atoms with Gasteiger partial charge in [-0.05, 0) is 30.7 Å². The third-order valence-corrected chi connectivity index (χ3v) is 5.39. The number of benzene rings is 1. The summed E-state index contributed by atoms with van der Waals surface area (Å²) in [6.07, 6.45) is 3.78. The lowest BCUT2D eigenvalue weighted by Crippen LogP contribution is -2.38. The first kappa shape index (κ1) is 18.0. The molecule has 1 fully saturated rings. The summed E-state index contributed by atoms with van der Waals surface area (Å²) in [6.45, 7) is 5.27. The van der Waals surface area contributed by atoms with Gasteiger partial charge in [-0.25, -0.2) is 4.52 Å². The molecule has 0 spiro atoms. The van der Waals surface area contributed by atoms with Crippen LogP contribution in [0.25, 0.3) is 16.6 Å². The van der Waals surface area contributed by atoms with E-state index >= 15 is 0 Å². The zero-order valence-electron chi connectivity index (χ0n) is 16.4. The Morgan fingerprint density at radius 3 is 2.72 bits per heavy atom. The normalized spacial score (nSPS) is 17.6. The molecule has 3 aromatic heterocycles. The molecule has 6 nitrogen and oxygen atoms in total. The standard InChI is InChI=1S/C23H23N5O/c1-17-5-7-18(8-6-17)19-9-10-21-23(25-26-28(21)14-19)22-16-27(12-13-29-22)15-20-4-2-3-11-24-20/h2-11,14,22H,12-13,15-16H2,1H3/t22-/m1/s1. The first-order valence-corrected chi connectivity index (χ1v) is 9.92. The fraction of sp³-hybridized carbons (Fsp3) is 0.261. The highest BCUT2D eigenvalue weighted by Crippen LogP contribution is 2.27. The van der Waals surface area contributed by atoms with Crippen LogP contribution in [0.5, 0.6) is 0 Å².